The van der Waals surface area contributed by atoms with Crippen LogP contribution in [0, 0.1) is 12.7 Å². The van der Waals surface area contributed by atoms with Crippen molar-refractivity contribution in [2.45, 2.75) is 32.9 Å². The summed E-state index contributed by atoms with van der Waals surface area (Å²) in [5.74, 6) is 2.25. The molecule has 0 amide bonds. The first-order valence-corrected chi connectivity index (χ1v) is 13.9. The Kier molecular flexibility index (Phi) is 7.49. The van der Waals surface area contributed by atoms with Gasteiger partial charge in [0, 0.05) is 36.2 Å². The molecule has 0 unspecified atom stereocenters. The van der Waals surface area contributed by atoms with Crippen molar-refractivity contribution < 1.29 is 13.5 Å². The quantitative estimate of drug-likeness (QED) is 0.271. The van der Waals surface area contributed by atoms with E-state index in [2.05, 4.69) is 33.0 Å². The molecule has 3 heterocycles. The van der Waals surface area contributed by atoms with Gasteiger partial charge >= 0.3 is 0 Å². The molecule has 0 atom stereocenters. The number of hydrogen-bond donors (Lipinski definition) is 0. The van der Waals surface area contributed by atoms with Crippen LogP contribution >= 0.6 is 0 Å². The van der Waals surface area contributed by atoms with E-state index in [9.17, 15) is 8.78 Å². The van der Waals surface area contributed by atoms with E-state index in [4.69, 9.17) is 14.7 Å². The zero-order valence-electron chi connectivity index (χ0n) is 23.6. The van der Waals surface area contributed by atoms with Gasteiger partial charge in [0.15, 0.2) is 0 Å². The summed E-state index contributed by atoms with van der Waals surface area (Å²) in [7, 11) is 4.01. The van der Waals surface area contributed by atoms with Crippen molar-refractivity contribution in [1.82, 2.24) is 14.9 Å². The van der Waals surface area contributed by atoms with Crippen molar-refractivity contribution in [1.29, 1.82) is 0 Å². The number of rotatable bonds is 7. The highest BCUT2D eigenvalue weighted by atomic mass is 19.1. The topological polar surface area (TPSA) is 53.9 Å². The number of halogens is 2. The van der Waals surface area contributed by atoms with Gasteiger partial charge in [0.25, 0.3) is 0 Å². The van der Waals surface area contributed by atoms with E-state index in [1.807, 2.05) is 51.4 Å². The highest BCUT2D eigenvalue weighted by molar-refractivity contribution is 5.95. The third-order valence-corrected chi connectivity index (χ3v) is 7.58. The van der Waals surface area contributed by atoms with Gasteiger partial charge in [-0.3, -0.25) is 4.99 Å². The molecule has 41 heavy (non-hydrogen) atoms. The number of aryl methyl sites for hydroxylation is 1. The van der Waals surface area contributed by atoms with Gasteiger partial charge in [-0.25, -0.2) is 18.7 Å². The molecule has 0 bridgehead atoms. The molecular weight excluding hydrogens is 520 g/mol. The molecule has 0 N–H and O–H groups in total. The second-order valence-corrected chi connectivity index (χ2v) is 11.0. The van der Waals surface area contributed by atoms with Crippen LogP contribution in [0.2, 0.25) is 0 Å². The summed E-state index contributed by atoms with van der Waals surface area (Å²) in [5, 5.41) is 0. The molecular formula is C33H33F2N5O. The molecule has 3 aromatic carbocycles. The molecule has 0 saturated carbocycles. The highest BCUT2D eigenvalue weighted by Crippen LogP contribution is 2.36. The van der Waals surface area contributed by atoms with Gasteiger partial charge in [0.2, 0.25) is 0 Å². The average molecular weight is 554 g/mol. The summed E-state index contributed by atoms with van der Waals surface area (Å²) in [6, 6.07) is 19.0. The Labute approximate surface area is 239 Å². The van der Waals surface area contributed by atoms with Crippen molar-refractivity contribution in [2.75, 3.05) is 38.8 Å². The standard InChI is InChI=1S/C33H33F2N5O/c1-21-29(14-22-4-9-27(35)10-5-22)33(38-32(36-21)20-39(2)3)40-12-13-41-31-11-8-23(15-26(31)19-40)24-6-7-25-16-28(18-34)37-30(25)17-24/h4-11,15,17H,12-14,16,18-20H2,1-3H3. The molecule has 6 nitrogen and oxygen atoms in total. The zero-order chi connectivity index (χ0) is 28.5. The first kappa shape index (κ1) is 27.0. The van der Waals surface area contributed by atoms with E-state index in [1.54, 1.807) is 0 Å². The van der Waals surface area contributed by atoms with Gasteiger partial charge in [-0.05, 0) is 73.6 Å². The fraction of sp³-hybridized carbons (Fsp3) is 0.303. The van der Waals surface area contributed by atoms with Gasteiger partial charge in [0.1, 0.15) is 36.5 Å². The molecule has 6 rings (SSSR count). The molecule has 0 saturated heterocycles. The van der Waals surface area contributed by atoms with Crippen LogP contribution in [0.4, 0.5) is 20.3 Å². The third-order valence-electron chi connectivity index (χ3n) is 7.58. The minimum absolute atomic E-state index is 0.251. The van der Waals surface area contributed by atoms with Crippen molar-refractivity contribution in [2.24, 2.45) is 4.99 Å². The molecule has 210 valence electrons. The molecule has 2 aliphatic heterocycles. The lowest BCUT2D eigenvalue weighted by Gasteiger charge is -2.26. The Morgan fingerprint density at radius 3 is 2.51 bits per heavy atom. The summed E-state index contributed by atoms with van der Waals surface area (Å²) >= 11 is 0. The number of ether oxygens (including phenoxy) is 1. The van der Waals surface area contributed by atoms with Crippen LogP contribution in [0.15, 0.2) is 65.7 Å². The molecule has 0 aliphatic carbocycles. The number of fused-ring (bicyclic) bond motifs is 2. The van der Waals surface area contributed by atoms with Gasteiger partial charge in [-0.15, -0.1) is 0 Å². The monoisotopic (exact) mass is 553 g/mol. The minimum atomic E-state index is -0.516. The summed E-state index contributed by atoms with van der Waals surface area (Å²) in [6.07, 6.45) is 1.18. The SMILES string of the molecule is Cc1nc(CN(C)C)nc(N2CCOc3ccc(-c4ccc5c(c4)N=C(CF)C5)cc3C2)c1Cc1ccc(F)cc1. The molecule has 0 spiro atoms. The molecule has 8 heteroatoms. The number of benzene rings is 3. The lowest BCUT2D eigenvalue weighted by atomic mass is 9.99. The zero-order valence-corrected chi connectivity index (χ0v) is 23.6. The van der Waals surface area contributed by atoms with Gasteiger partial charge in [-0.1, -0.05) is 30.3 Å². The number of nitrogens with zero attached hydrogens (tertiary/aromatic N) is 5. The summed E-state index contributed by atoms with van der Waals surface area (Å²) < 4.78 is 33.0. The Balaban J connectivity index is 1.36. The predicted molar refractivity (Wildman–Crippen MR) is 159 cm³/mol. The first-order chi connectivity index (χ1) is 19.9. The van der Waals surface area contributed by atoms with Crippen molar-refractivity contribution in [3.63, 3.8) is 0 Å². The molecule has 0 radical (unpaired) electrons. The van der Waals surface area contributed by atoms with Crippen molar-refractivity contribution in [3.8, 4) is 16.9 Å². The van der Waals surface area contributed by atoms with E-state index in [1.165, 1.54) is 12.1 Å². The molecule has 0 fully saturated rings. The predicted octanol–water partition coefficient (Wildman–Crippen LogP) is 6.24. The van der Waals surface area contributed by atoms with Gasteiger partial charge < -0.3 is 14.5 Å². The Hall–Kier alpha value is -4.17. The number of aromatic nitrogens is 2. The smallest absolute Gasteiger partial charge is 0.144 e. The average Bonchev–Trinajstić information content (AvgIpc) is 3.26. The minimum Gasteiger partial charge on any atom is -0.491 e. The summed E-state index contributed by atoms with van der Waals surface area (Å²) in [5.41, 5.74) is 8.59. The van der Waals surface area contributed by atoms with Crippen LogP contribution in [0.1, 0.15) is 33.8 Å². The lowest BCUT2D eigenvalue weighted by molar-refractivity contribution is 0.331. The van der Waals surface area contributed by atoms with Gasteiger partial charge in [0.05, 0.1) is 24.5 Å². The van der Waals surface area contributed by atoms with Crippen LogP contribution in [-0.4, -0.2) is 54.5 Å². The van der Waals surface area contributed by atoms with E-state index in [-0.39, 0.29) is 5.82 Å². The van der Waals surface area contributed by atoms with Crippen LogP contribution < -0.4 is 9.64 Å². The maximum atomic E-state index is 13.6. The van der Waals surface area contributed by atoms with E-state index in [0.717, 1.165) is 62.2 Å². The Morgan fingerprint density at radius 1 is 0.951 bits per heavy atom. The number of hydrogen-bond acceptors (Lipinski definition) is 6. The normalized spacial score (nSPS) is 14.4. The fourth-order valence-corrected chi connectivity index (χ4v) is 5.52. The second-order valence-electron chi connectivity index (χ2n) is 11.0. The largest absolute Gasteiger partial charge is 0.491 e. The Bertz CT molecular complexity index is 1620. The lowest BCUT2D eigenvalue weighted by Crippen LogP contribution is -2.29. The van der Waals surface area contributed by atoms with E-state index < -0.39 is 6.67 Å². The maximum absolute atomic E-state index is 13.6. The molecule has 1 aromatic heterocycles. The van der Waals surface area contributed by atoms with E-state index >= 15 is 0 Å². The molecule has 4 aromatic rings. The van der Waals surface area contributed by atoms with Crippen LogP contribution in [-0.2, 0) is 25.9 Å². The number of alkyl halides is 1. The molecule has 2 aliphatic rings. The Morgan fingerprint density at radius 2 is 1.73 bits per heavy atom. The van der Waals surface area contributed by atoms with Crippen molar-refractivity contribution in [3.05, 3.63) is 100 Å². The fourth-order valence-electron chi connectivity index (χ4n) is 5.52. The third kappa shape index (κ3) is 5.84. The highest BCUT2D eigenvalue weighted by Gasteiger charge is 2.23. The number of aliphatic imine (C=N–C) groups is 1. The van der Waals surface area contributed by atoms with Crippen molar-refractivity contribution >= 4 is 17.2 Å². The maximum Gasteiger partial charge on any atom is 0.144 e. The summed E-state index contributed by atoms with van der Waals surface area (Å²) in [4.78, 5) is 18.7. The second kappa shape index (κ2) is 11.4. The summed E-state index contributed by atoms with van der Waals surface area (Å²) in [6.45, 7) is 3.94. The van der Waals surface area contributed by atoms with Crippen LogP contribution in [0.3, 0.4) is 0 Å². The van der Waals surface area contributed by atoms with Crippen LogP contribution in [0.5, 0.6) is 5.75 Å². The number of anilines is 1. The van der Waals surface area contributed by atoms with Crippen LogP contribution in [0.25, 0.3) is 11.1 Å². The first-order valence-electron chi connectivity index (χ1n) is 13.9. The van der Waals surface area contributed by atoms with Gasteiger partial charge in [-0.2, -0.15) is 0 Å². The van der Waals surface area contributed by atoms with E-state index in [0.29, 0.717) is 44.8 Å².